The molecule has 280 valence electrons. The molecule has 0 aliphatic carbocycles. The lowest BCUT2D eigenvalue weighted by molar-refractivity contribution is 0.447. The van der Waals surface area contributed by atoms with Crippen molar-refractivity contribution in [2.24, 2.45) is 0 Å². The summed E-state index contributed by atoms with van der Waals surface area (Å²) in [6.07, 6.45) is 0. The molecular weight excluding hydrogens is 702 g/mol. The maximum atomic E-state index is 9.45. The predicted octanol–water partition coefficient (Wildman–Crippen LogP) is 13.1. The molecule has 0 aliphatic heterocycles. The van der Waals surface area contributed by atoms with Crippen molar-refractivity contribution in [3.8, 4) is 34.1 Å². The van der Waals surface area contributed by atoms with Crippen LogP contribution >= 0.6 is 16.5 Å². The zero-order valence-corrected chi connectivity index (χ0v) is 35.1. The molecule has 0 saturated carbocycles. The first-order valence-electron chi connectivity index (χ1n) is 18.4. The SMILES string of the molecule is CC(C)(C)c1ccccc1O.Cc1ccc(OP(Oc2ccccc2C(C)(C)C)c2ccccc2)c(-c2cc(C)cc(C)c2OP(C)c2ccccc2)c1. The molecule has 2 unspecified atom stereocenters. The van der Waals surface area contributed by atoms with Crippen molar-refractivity contribution in [1.82, 2.24) is 0 Å². The zero-order chi connectivity index (χ0) is 39.0. The number of phenolic OH excluding ortho intramolecular Hbond substituents is 1. The van der Waals surface area contributed by atoms with Crippen molar-refractivity contribution in [1.29, 1.82) is 0 Å². The summed E-state index contributed by atoms with van der Waals surface area (Å²) in [6, 6.07) is 47.2. The Morgan fingerprint density at radius 1 is 0.481 bits per heavy atom. The van der Waals surface area contributed by atoms with E-state index in [-0.39, 0.29) is 10.8 Å². The molecule has 54 heavy (non-hydrogen) atoms. The van der Waals surface area contributed by atoms with Gasteiger partial charge in [0.05, 0.1) is 5.30 Å². The number of hydrogen-bond acceptors (Lipinski definition) is 4. The molecule has 0 saturated heterocycles. The molecule has 2 atom stereocenters. The molecule has 1 N–H and O–H groups in total. The van der Waals surface area contributed by atoms with Crippen LogP contribution < -0.4 is 24.2 Å². The molecule has 0 bridgehead atoms. The molecule has 6 heteroatoms. The third kappa shape index (κ3) is 10.5. The van der Waals surface area contributed by atoms with Crippen LogP contribution in [0, 0.1) is 20.8 Å². The second-order valence-corrected chi connectivity index (χ2v) is 18.8. The smallest absolute Gasteiger partial charge is 0.326 e. The first kappa shape index (κ1) is 40.6. The Bertz CT molecular complexity index is 2130. The molecule has 0 aliphatic rings. The average Bonchev–Trinajstić information content (AvgIpc) is 3.13. The second kappa shape index (κ2) is 17.7. The maximum absolute atomic E-state index is 9.45. The van der Waals surface area contributed by atoms with E-state index in [1.165, 1.54) is 10.9 Å². The standard InChI is InChI=1S/C38H40O3P2.C10H14O/c1-27-22-23-35(39-43(31-18-12-9-13-19-31)40-36-21-15-14-20-34(36)38(4,5)6)32(25-27)33-26-28(2)24-29(3)37(33)41-42(7)30-16-10-8-11-17-30;1-10(2,3)8-6-4-5-7-9(8)11/h8-26H,1-7H3;4-7,11H,1-3H3. The van der Waals surface area contributed by atoms with E-state index in [9.17, 15) is 5.11 Å². The Morgan fingerprint density at radius 2 is 1.00 bits per heavy atom. The van der Waals surface area contributed by atoms with Crippen LogP contribution in [0.25, 0.3) is 11.1 Å². The molecule has 0 amide bonds. The van der Waals surface area contributed by atoms with Gasteiger partial charge in [-0.05, 0) is 103 Å². The van der Waals surface area contributed by atoms with Gasteiger partial charge >= 0.3 is 8.38 Å². The highest BCUT2D eigenvalue weighted by Crippen LogP contribution is 2.49. The van der Waals surface area contributed by atoms with Gasteiger partial charge in [-0.25, -0.2) is 0 Å². The highest BCUT2D eigenvalue weighted by molar-refractivity contribution is 7.60. The zero-order valence-electron chi connectivity index (χ0n) is 33.3. The van der Waals surface area contributed by atoms with E-state index in [0.29, 0.717) is 5.75 Å². The Labute approximate surface area is 325 Å². The van der Waals surface area contributed by atoms with Crippen molar-refractivity contribution in [2.75, 3.05) is 6.66 Å². The first-order valence-corrected chi connectivity index (χ1v) is 21.3. The van der Waals surface area contributed by atoms with Crippen LogP contribution in [0.5, 0.6) is 23.0 Å². The lowest BCUT2D eigenvalue weighted by Gasteiger charge is -2.26. The fraction of sp³-hybridized carbons (Fsp3) is 0.250. The van der Waals surface area contributed by atoms with E-state index in [2.05, 4.69) is 148 Å². The van der Waals surface area contributed by atoms with Gasteiger partial charge in [-0.15, -0.1) is 0 Å². The molecule has 0 fully saturated rings. The van der Waals surface area contributed by atoms with Crippen LogP contribution in [-0.2, 0) is 10.8 Å². The summed E-state index contributed by atoms with van der Waals surface area (Å²) < 4.78 is 20.5. The number of para-hydroxylation sites is 2. The highest BCUT2D eigenvalue weighted by atomic mass is 31.2. The lowest BCUT2D eigenvalue weighted by Crippen LogP contribution is -2.15. The van der Waals surface area contributed by atoms with E-state index in [4.69, 9.17) is 13.6 Å². The number of rotatable bonds is 9. The van der Waals surface area contributed by atoms with Crippen molar-refractivity contribution in [2.45, 2.75) is 73.1 Å². The van der Waals surface area contributed by atoms with Gasteiger partial charge in [0.2, 0.25) is 0 Å². The second-order valence-electron chi connectivity index (χ2n) is 15.7. The molecule has 6 aromatic carbocycles. The van der Waals surface area contributed by atoms with Gasteiger partial charge in [0.15, 0.2) is 0 Å². The normalized spacial score (nSPS) is 12.6. The average molecular weight is 757 g/mol. The van der Waals surface area contributed by atoms with Crippen LogP contribution in [0.4, 0.5) is 0 Å². The molecule has 6 rings (SSSR count). The summed E-state index contributed by atoms with van der Waals surface area (Å²) in [7, 11) is -2.37. The van der Waals surface area contributed by atoms with Crippen molar-refractivity contribution >= 4 is 27.1 Å². The Hall–Kier alpha value is -4.62. The minimum absolute atomic E-state index is 0.0331. The largest absolute Gasteiger partial charge is 0.508 e. The molecule has 4 nitrogen and oxygen atoms in total. The van der Waals surface area contributed by atoms with Crippen LogP contribution in [0.3, 0.4) is 0 Å². The van der Waals surface area contributed by atoms with E-state index >= 15 is 0 Å². The molecule has 0 heterocycles. The summed E-state index contributed by atoms with van der Waals surface area (Å²) in [5.74, 6) is 2.89. The predicted molar refractivity (Wildman–Crippen MR) is 232 cm³/mol. The van der Waals surface area contributed by atoms with Crippen LogP contribution in [-0.4, -0.2) is 11.8 Å². The monoisotopic (exact) mass is 756 g/mol. The molecule has 0 radical (unpaired) electrons. The van der Waals surface area contributed by atoms with Crippen molar-refractivity contribution in [3.05, 3.63) is 167 Å². The fourth-order valence-electron chi connectivity index (χ4n) is 6.16. The van der Waals surface area contributed by atoms with Crippen LogP contribution in [0.2, 0.25) is 0 Å². The van der Waals surface area contributed by atoms with Gasteiger partial charge < -0.3 is 18.7 Å². The maximum Gasteiger partial charge on any atom is 0.326 e. The van der Waals surface area contributed by atoms with E-state index in [1.807, 2.05) is 54.6 Å². The van der Waals surface area contributed by atoms with Crippen LogP contribution in [0.1, 0.15) is 69.4 Å². The minimum atomic E-state index is -1.50. The number of phenols is 1. The summed E-state index contributed by atoms with van der Waals surface area (Å²) in [5, 5.41) is 11.6. The molecule has 0 aromatic heterocycles. The number of aromatic hydroxyl groups is 1. The van der Waals surface area contributed by atoms with Gasteiger partial charge in [-0.2, -0.15) is 0 Å². The van der Waals surface area contributed by atoms with Gasteiger partial charge in [0.1, 0.15) is 31.1 Å². The third-order valence-corrected chi connectivity index (χ3v) is 11.9. The van der Waals surface area contributed by atoms with E-state index in [0.717, 1.165) is 55.9 Å². The summed E-state index contributed by atoms with van der Waals surface area (Å²) in [4.78, 5) is 0. The van der Waals surface area contributed by atoms with Crippen molar-refractivity contribution < 1.29 is 18.7 Å². The lowest BCUT2D eigenvalue weighted by atomic mass is 9.86. The number of benzene rings is 6. The molecular formula is C48H54O4P2. The Kier molecular flexibility index (Phi) is 13.3. The summed E-state index contributed by atoms with van der Waals surface area (Å²) in [5.41, 5.74) is 7.55. The van der Waals surface area contributed by atoms with Gasteiger partial charge in [0.25, 0.3) is 0 Å². The summed E-state index contributed by atoms with van der Waals surface area (Å²) in [6.45, 7) is 21.4. The first-order chi connectivity index (χ1) is 25.6. The van der Waals surface area contributed by atoms with E-state index in [1.54, 1.807) is 6.07 Å². The quantitative estimate of drug-likeness (QED) is 0.149. The molecule has 6 aromatic rings. The van der Waals surface area contributed by atoms with Crippen molar-refractivity contribution in [3.63, 3.8) is 0 Å². The summed E-state index contributed by atoms with van der Waals surface area (Å²) >= 11 is 0. The van der Waals surface area contributed by atoms with E-state index < -0.39 is 16.5 Å². The number of hydrogen-bond donors (Lipinski definition) is 1. The van der Waals surface area contributed by atoms with Gasteiger partial charge in [-0.1, -0.05) is 144 Å². The van der Waals surface area contributed by atoms with Crippen LogP contribution in [0.15, 0.2) is 140 Å². The topological polar surface area (TPSA) is 47.9 Å². The van der Waals surface area contributed by atoms with Gasteiger partial charge in [0, 0.05) is 16.4 Å². The fourth-order valence-corrected chi connectivity index (χ4v) is 8.72. The molecule has 0 spiro atoms. The van der Waals surface area contributed by atoms with Gasteiger partial charge in [-0.3, -0.25) is 0 Å². The number of aryl methyl sites for hydroxylation is 3. The Balaban J connectivity index is 0.000000438. The Morgan fingerprint density at radius 3 is 1.59 bits per heavy atom. The minimum Gasteiger partial charge on any atom is -0.508 e. The highest BCUT2D eigenvalue weighted by Gasteiger charge is 2.26. The third-order valence-electron chi connectivity index (χ3n) is 8.93.